The number of nitrogens with two attached hydrogens (primary N) is 2. The highest BCUT2D eigenvalue weighted by molar-refractivity contribution is 5.86. The number of anilines is 2. The van der Waals surface area contributed by atoms with Gasteiger partial charge in [0.2, 0.25) is 11.9 Å². The van der Waals surface area contributed by atoms with Gasteiger partial charge in [-0.1, -0.05) is 34.7 Å². The number of hydrogen-bond acceptors (Lipinski definition) is 12. The number of benzene rings is 2. The molecule has 0 atom stereocenters. The summed E-state index contributed by atoms with van der Waals surface area (Å²) in [5.74, 6) is 0.120. The molecular weight excluding hydrogens is 610 g/mol. The summed E-state index contributed by atoms with van der Waals surface area (Å²) >= 11 is 0. The van der Waals surface area contributed by atoms with Gasteiger partial charge in [0, 0.05) is 5.56 Å². The van der Waals surface area contributed by atoms with E-state index in [0.717, 1.165) is 23.8 Å². The molecule has 16 heteroatoms. The largest absolute Gasteiger partial charge is 0.463 e. The first-order valence-corrected chi connectivity index (χ1v) is 14.1. The first-order chi connectivity index (χ1) is 22.8. The molecule has 6 heterocycles. The van der Waals surface area contributed by atoms with Gasteiger partial charge in [-0.2, -0.15) is 9.97 Å². The molecule has 2 aromatic carbocycles. The van der Waals surface area contributed by atoms with Gasteiger partial charge in [0.15, 0.2) is 33.8 Å². The van der Waals surface area contributed by atoms with E-state index in [1.165, 1.54) is 16.5 Å². The maximum absolute atomic E-state index is 13.8. The molecule has 8 rings (SSSR count). The van der Waals surface area contributed by atoms with Crippen molar-refractivity contribution >= 4 is 34.2 Å². The summed E-state index contributed by atoms with van der Waals surface area (Å²) < 4.78 is 41.0. The summed E-state index contributed by atoms with van der Waals surface area (Å²) in [6.45, 7) is 2.58. The number of nitrogens with zero attached hydrogens (tertiary/aromatic N) is 10. The third-order valence-electron chi connectivity index (χ3n) is 7.18. The standard InChI is InChI=1S/C16H14N6O.C15H10F2N6O/c1-10-5-2-3-6-11(10)9-22-15-14(20-21-22)13(18-16(17)19-15)12-7-4-8-23-12;16-9-3-4-10(17)8(6-9)7-23-14-13(21-22-23)12(19-15(18)20-14)11-2-1-5-24-11/h2-8H,9H2,1H3,(H2,17,18,19);1-6H,7H2,(H2,18,19,20). The number of aryl methyl sites for hydroxylation is 1. The normalized spacial score (nSPS) is 11.2. The Bertz CT molecular complexity index is 2330. The molecule has 6 aromatic heterocycles. The number of furan rings is 2. The van der Waals surface area contributed by atoms with Crippen molar-refractivity contribution in [2.45, 2.75) is 20.0 Å². The number of hydrogen-bond donors (Lipinski definition) is 2. The molecule has 0 aliphatic carbocycles. The zero-order chi connectivity index (χ0) is 32.5. The van der Waals surface area contributed by atoms with Crippen molar-refractivity contribution in [3.8, 4) is 22.9 Å². The number of nitrogen functional groups attached to an aromatic ring is 2. The second kappa shape index (κ2) is 12.1. The number of rotatable bonds is 6. The van der Waals surface area contributed by atoms with Gasteiger partial charge in [-0.25, -0.2) is 28.1 Å². The smallest absolute Gasteiger partial charge is 0.222 e. The van der Waals surface area contributed by atoms with Crippen LogP contribution in [-0.2, 0) is 13.1 Å². The van der Waals surface area contributed by atoms with Crippen LogP contribution in [0.4, 0.5) is 20.7 Å². The first-order valence-electron chi connectivity index (χ1n) is 14.1. The maximum atomic E-state index is 13.8. The van der Waals surface area contributed by atoms with Crippen molar-refractivity contribution < 1.29 is 17.6 Å². The zero-order valence-electron chi connectivity index (χ0n) is 24.6. The minimum absolute atomic E-state index is 0.00263. The van der Waals surface area contributed by atoms with Gasteiger partial charge in [-0.15, -0.1) is 10.2 Å². The highest BCUT2D eigenvalue weighted by Crippen LogP contribution is 2.27. The maximum Gasteiger partial charge on any atom is 0.222 e. The lowest BCUT2D eigenvalue weighted by Gasteiger charge is -2.06. The van der Waals surface area contributed by atoms with E-state index in [1.807, 2.05) is 18.2 Å². The molecule has 0 aliphatic rings. The van der Waals surface area contributed by atoms with E-state index in [4.69, 9.17) is 20.3 Å². The second-order valence-electron chi connectivity index (χ2n) is 10.3. The topological polar surface area (TPSA) is 191 Å². The first kappa shape index (κ1) is 29.1. The Morgan fingerprint density at radius 1 is 0.660 bits per heavy atom. The third-order valence-corrected chi connectivity index (χ3v) is 7.18. The van der Waals surface area contributed by atoms with Crippen LogP contribution in [0, 0.1) is 18.6 Å². The van der Waals surface area contributed by atoms with Crippen molar-refractivity contribution in [2.24, 2.45) is 0 Å². The van der Waals surface area contributed by atoms with Gasteiger partial charge in [0.25, 0.3) is 0 Å². The van der Waals surface area contributed by atoms with Crippen molar-refractivity contribution in [3.63, 3.8) is 0 Å². The SMILES string of the molecule is Cc1ccccc1Cn1nnc2c(-c3ccco3)nc(N)nc21.Nc1nc(-c2ccco2)c2nnn(Cc3cc(F)ccc3F)c2n1. The molecule has 4 N–H and O–H groups in total. The minimum Gasteiger partial charge on any atom is -0.463 e. The predicted octanol–water partition coefficient (Wildman–Crippen LogP) is 4.81. The van der Waals surface area contributed by atoms with E-state index >= 15 is 0 Å². The Morgan fingerprint density at radius 2 is 1.21 bits per heavy atom. The van der Waals surface area contributed by atoms with Crippen LogP contribution in [-0.4, -0.2) is 49.9 Å². The van der Waals surface area contributed by atoms with E-state index in [1.54, 1.807) is 29.1 Å². The van der Waals surface area contributed by atoms with E-state index < -0.39 is 11.6 Å². The fourth-order valence-electron chi connectivity index (χ4n) is 4.90. The number of aromatic nitrogens is 10. The summed E-state index contributed by atoms with van der Waals surface area (Å²) in [7, 11) is 0. The van der Waals surface area contributed by atoms with Gasteiger partial charge in [-0.05, 0) is 60.5 Å². The molecule has 14 nitrogen and oxygen atoms in total. The molecule has 0 unspecified atom stereocenters. The molecule has 0 amide bonds. The molecule has 0 fully saturated rings. The molecule has 234 valence electrons. The Labute approximate surface area is 263 Å². The fraction of sp³-hybridized carbons (Fsp3) is 0.0968. The van der Waals surface area contributed by atoms with Crippen molar-refractivity contribution in [1.29, 1.82) is 0 Å². The summed E-state index contributed by atoms with van der Waals surface area (Å²) in [6, 6.07) is 18.3. The zero-order valence-corrected chi connectivity index (χ0v) is 24.6. The predicted molar refractivity (Wildman–Crippen MR) is 166 cm³/mol. The molecule has 0 radical (unpaired) electrons. The monoisotopic (exact) mass is 634 g/mol. The van der Waals surface area contributed by atoms with Crippen LogP contribution in [0.3, 0.4) is 0 Å². The lowest BCUT2D eigenvalue weighted by atomic mass is 10.1. The fourth-order valence-corrected chi connectivity index (χ4v) is 4.90. The van der Waals surface area contributed by atoms with Crippen molar-refractivity contribution in [1.82, 2.24) is 49.9 Å². The molecule has 8 aromatic rings. The highest BCUT2D eigenvalue weighted by Gasteiger charge is 2.19. The highest BCUT2D eigenvalue weighted by atomic mass is 19.1. The summed E-state index contributed by atoms with van der Waals surface area (Å²) in [5.41, 5.74) is 16.8. The van der Waals surface area contributed by atoms with Gasteiger partial charge in [0.1, 0.15) is 23.0 Å². The van der Waals surface area contributed by atoms with Crippen LogP contribution in [0.5, 0.6) is 0 Å². The molecule has 47 heavy (non-hydrogen) atoms. The van der Waals surface area contributed by atoms with E-state index in [2.05, 4.69) is 59.6 Å². The third kappa shape index (κ3) is 5.82. The number of halogens is 2. The van der Waals surface area contributed by atoms with Crippen LogP contribution in [0.25, 0.3) is 45.2 Å². The van der Waals surface area contributed by atoms with Crippen molar-refractivity contribution in [2.75, 3.05) is 11.5 Å². The Hall–Kier alpha value is -6.58. The molecule has 0 spiro atoms. The number of fused-ring (bicyclic) bond motifs is 2. The van der Waals surface area contributed by atoms with Gasteiger partial charge < -0.3 is 20.3 Å². The Kier molecular flexibility index (Phi) is 7.49. The van der Waals surface area contributed by atoms with Crippen LogP contribution < -0.4 is 11.5 Å². The van der Waals surface area contributed by atoms with Crippen LogP contribution in [0.15, 0.2) is 88.1 Å². The van der Waals surface area contributed by atoms with E-state index in [0.29, 0.717) is 51.8 Å². The van der Waals surface area contributed by atoms with Crippen LogP contribution in [0.1, 0.15) is 16.7 Å². The van der Waals surface area contributed by atoms with Gasteiger partial charge in [0.05, 0.1) is 25.6 Å². The second-order valence-corrected chi connectivity index (χ2v) is 10.3. The van der Waals surface area contributed by atoms with Gasteiger partial charge in [-0.3, -0.25) is 0 Å². The molecule has 0 bridgehead atoms. The van der Waals surface area contributed by atoms with E-state index in [-0.39, 0.29) is 24.0 Å². The van der Waals surface area contributed by atoms with Crippen LogP contribution in [0.2, 0.25) is 0 Å². The minimum atomic E-state index is -0.548. The Balaban J connectivity index is 0.000000150. The lowest BCUT2D eigenvalue weighted by Crippen LogP contribution is -2.06. The van der Waals surface area contributed by atoms with Crippen molar-refractivity contribution in [3.05, 3.63) is 108 Å². The summed E-state index contributed by atoms with van der Waals surface area (Å²) in [6.07, 6.45) is 3.07. The summed E-state index contributed by atoms with van der Waals surface area (Å²) in [5, 5.41) is 16.4. The average molecular weight is 635 g/mol. The molecule has 0 saturated carbocycles. The van der Waals surface area contributed by atoms with Gasteiger partial charge >= 0.3 is 0 Å². The average Bonchev–Trinajstić information content (AvgIpc) is 3.89. The quantitative estimate of drug-likeness (QED) is 0.254. The Morgan fingerprint density at radius 3 is 1.74 bits per heavy atom. The molecular formula is C31H24F2N12O2. The molecule has 0 aliphatic heterocycles. The lowest BCUT2D eigenvalue weighted by molar-refractivity contribution is 0.564. The molecule has 0 saturated heterocycles. The van der Waals surface area contributed by atoms with Crippen LogP contribution >= 0.6 is 0 Å². The summed E-state index contributed by atoms with van der Waals surface area (Å²) in [4.78, 5) is 16.8. The van der Waals surface area contributed by atoms with E-state index in [9.17, 15) is 8.78 Å².